The zero-order chi connectivity index (χ0) is 13.8. The van der Waals surface area contributed by atoms with Crippen molar-refractivity contribution in [2.75, 3.05) is 0 Å². The Hall–Kier alpha value is -1.56. The molecule has 3 nitrogen and oxygen atoms in total. The summed E-state index contributed by atoms with van der Waals surface area (Å²) in [4.78, 5) is 11.3. The maximum Gasteiger partial charge on any atom is 0.523 e. The van der Waals surface area contributed by atoms with Gasteiger partial charge in [0.1, 0.15) is 0 Å². The molecule has 1 rings (SSSR count). The number of carbonyl (C=O) groups is 1. The summed E-state index contributed by atoms with van der Waals surface area (Å²) in [6, 6.07) is 8.31. The van der Waals surface area contributed by atoms with Gasteiger partial charge in [-0.25, -0.2) is 0 Å². The van der Waals surface area contributed by atoms with Crippen molar-refractivity contribution in [3.8, 4) is 0 Å². The molecule has 2 N–H and O–H groups in total. The maximum atomic E-state index is 12.4. The Bertz CT molecular complexity index is 406. The number of nitrogens with two attached hydrogens (primary N) is 1. The zero-order valence-corrected chi connectivity index (χ0v) is 9.83. The van der Waals surface area contributed by atoms with Gasteiger partial charge in [-0.1, -0.05) is 37.3 Å². The quantitative estimate of drug-likeness (QED) is 0.884. The number of benzene rings is 1. The van der Waals surface area contributed by atoms with Crippen molar-refractivity contribution in [3.05, 3.63) is 35.9 Å². The van der Waals surface area contributed by atoms with Crippen molar-refractivity contribution in [1.82, 2.24) is 0 Å². The molecule has 1 aromatic carbocycles. The lowest BCUT2D eigenvalue weighted by Gasteiger charge is -2.30. The Morgan fingerprint density at radius 2 is 1.83 bits per heavy atom. The Kier molecular flexibility index (Phi) is 4.34. The second-order valence-corrected chi connectivity index (χ2v) is 3.92. The summed E-state index contributed by atoms with van der Waals surface area (Å²) in [5.74, 6) is -1.12. The summed E-state index contributed by atoms with van der Waals surface area (Å²) in [5, 5.41) is 0. The predicted octanol–water partition coefficient (Wildman–Crippen LogP) is 2.40. The Morgan fingerprint density at radius 1 is 1.28 bits per heavy atom. The van der Waals surface area contributed by atoms with E-state index in [1.807, 2.05) is 0 Å². The molecule has 0 heterocycles. The molecule has 0 aliphatic rings. The molecule has 0 bridgehead atoms. The van der Waals surface area contributed by atoms with Gasteiger partial charge in [-0.15, -0.1) is 13.2 Å². The average Bonchev–Trinajstić information content (AvgIpc) is 2.27. The summed E-state index contributed by atoms with van der Waals surface area (Å²) < 4.78 is 41.1. The SMILES string of the molecule is CCC(Cc1ccccc1)(OC(F)(F)F)C(N)=O. The molecule has 1 unspecified atom stereocenters. The summed E-state index contributed by atoms with van der Waals surface area (Å²) in [6.45, 7) is 1.43. The summed E-state index contributed by atoms with van der Waals surface area (Å²) in [5.41, 5.74) is 3.58. The van der Waals surface area contributed by atoms with Gasteiger partial charge in [0.2, 0.25) is 5.91 Å². The number of halogens is 3. The van der Waals surface area contributed by atoms with E-state index in [2.05, 4.69) is 4.74 Å². The van der Waals surface area contributed by atoms with E-state index < -0.39 is 17.9 Å². The first-order chi connectivity index (χ1) is 8.29. The third-order valence-corrected chi connectivity index (χ3v) is 2.66. The third-order valence-electron chi connectivity index (χ3n) is 2.66. The van der Waals surface area contributed by atoms with Crippen LogP contribution in [0.4, 0.5) is 13.2 Å². The van der Waals surface area contributed by atoms with Gasteiger partial charge in [0.25, 0.3) is 0 Å². The molecule has 0 spiro atoms. The number of hydrogen-bond acceptors (Lipinski definition) is 2. The number of alkyl halides is 3. The molecule has 0 radical (unpaired) electrons. The standard InChI is InChI=1S/C12H14F3NO2/c1-2-11(10(16)17,18-12(13,14)15)8-9-6-4-3-5-7-9/h3-7H,2,8H2,1H3,(H2,16,17). The van der Waals surface area contributed by atoms with Crippen LogP contribution in [-0.4, -0.2) is 17.9 Å². The molecule has 18 heavy (non-hydrogen) atoms. The van der Waals surface area contributed by atoms with Crippen molar-refractivity contribution >= 4 is 5.91 Å². The topological polar surface area (TPSA) is 52.3 Å². The normalized spacial score (nSPS) is 15.1. The molecule has 100 valence electrons. The van der Waals surface area contributed by atoms with E-state index in [-0.39, 0.29) is 12.8 Å². The second-order valence-electron chi connectivity index (χ2n) is 3.92. The number of ether oxygens (including phenoxy) is 1. The molecule has 1 amide bonds. The largest absolute Gasteiger partial charge is 0.523 e. The fourth-order valence-electron chi connectivity index (χ4n) is 1.69. The van der Waals surface area contributed by atoms with Gasteiger partial charge in [0.15, 0.2) is 5.60 Å². The van der Waals surface area contributed by atoms with Gasteiger partial charge in [-0.2, -0.15) is 0 Å². The van der Waals surface area contributed by atoms with Crippen molar-refractivity contribution in [2.45, 2.75) is 31.7 Å². The van der Waals surface area contributed by atoms with Gasteiger partial charge in [0, 0.05) is 6.42 Å². The lowest BCUT2D eigenvalue weighted by Crippen LogP contribution is -2.50. The van der Waals surface area contributed by atoms with Gasteiger partial charge >= 0.3 is 6.36 Å². The smallest absolute Gasteiger partial charge is 0.367 e. The summed E-state index contributed by atoms with van der Waals surface area (Å²) in [7, 11) is 0. The molecule has 0 aromatic heterocycles. The van der Waals surface area contributed by atoms with E-state index >= 15 is 0 Å². The van der Waals surface area contributed by atoms with Crippen molar-refractivity contribution in [3.63, 3.8) is 0 Å². The van der Waals surface area contributed by atoms with Gasteiger partial charge < -0.3 is 5.73 Å². The van der Waals surface area contributed by atoms with E-state index in [9.17, 15) is 18.0 Å². The van der Waals surface area contributed by atoms with Crippen LogP contribution in [0.25, 0.3) is 0 Å². The highest BCUT2D eigenvalue weighted by atomic mass is 19.4. The third kappa shape index (κ3) is 3.73. The van der Waals surface area contributed by atoms with Crippen LogP contribution < -0.4 is 5.73 Å². The highest BCUT2D eigenvalue weighted by molar-refractivity contribution is 5.83. The number of primary amides is 1. The van der Waals surface area contributed by atoms with E-state index in [1.165, 1.54) is 6.92 Å². The number of amides is 1. The first-order valence-electron chi connectivity index (χ1n) is 5.40. The van der Waals surface area contributed by atoms with Crippen LogP contribution in [0.1, 0.15) is 18.9 Å². The predicted molar refractivity (Wildman–Crippen MR) is 59.5 cm³/mol. The Labute approximate surface area is 103 Å². The first kappa shape index (κ1) is 14.5. The van der Waals surface area contributed by atoms with Crippen LogP contribution in [0.2, 0.25) is 0 Å². The monoisotopic (exact) mass is 261 g/mol. The van der Waals surface area contributed by atoms with Gasteiger partial charge in [0.05, 0.1) is 0 Å². The van der Waals surface area contributed by atoms with Crippen LogP contribution in [0.3, 0.4) is 0 Å². The number of hydrogen-bond donors (Lipinski definition) is 1. The average molecular weight is 261 g/mol. The Balaban J connectivity index is 3.01. The van der Waals surface area contributed by atoms with E-state index in [0.29, 0.717) is 5.56 Å². The van der Waals surface area contributed by atoms with Crippen molar-refractivity contribution in [2.24, 2.45) is 5.73 Å². The van der Waals surface area contributed by atoms with E-state index in [0.717, 1.165) is 0 Å². The molecular weight excluding hydrogens is 247 g/mol. The minimum atomic E-state index is -4.90. The van der Waals surface area contributed by atoms with Crippen LogP contribution in [0, 0.1) is 0 Å². The maximum absolute atomic E-state index is 12.4. The van der Waals surface area contributed by atoms with E-state index in [4.69, 9.17) is 5.73 Å². The molecule has 0 aliphatic carbocycles. The highest BCUT2D eigenvalue weighted by Gasteiger charge is 2.46. The molecule has 0 saturated carbocycles. The number of carbonyl (C=O) groups excluding carboxylic acids is 1. The fourth-order valence-corrected chi connectivity index (χ4v) is 1.69. The molecule has 0 aliphatic heterocycles. The Morgan fingerprint density at radius 3 is 2.22 bits per heavy atom. The van der Waals surface area contributed by atoms with E-state index in [1.54, 1.807) is 30.3 Å². The van der Waals surface area contributed by atoms with Crippen LogP contribution >= 0.6 is 0 Å². The van der Waals surface area contributed by atoms with Gasteiger partial charge in [-0.3, -0.25) is 9.53 Å². The molecule has 0 saturated heterocycles. The lowest BCUT2D eigenvalue weighted by molar-refractivity contribution is -0.359. The zero-order valence-electron chi connectivity index (χ0n) is 9.83. The second kappa shape index (κ2) is 5.39. The van der Waals surface area contributed by atoms with Gasteiger partial charge in [-0.05, 0) is 12.0 Å². The number of rotatable bonds is 5. The molecule has 6 heteroatoms. The highest BCUT2D eigenvalue weighted by Crippen LogP contribution is 2.30. The van der Waals surface area contributed by atoms with Crippen LogP contribution in [0.15, 0.2) is 30.3 Å². The summed E-state index contributed by atoms with van der Waals surface area (Å²) >= 11 is 0. The minimum Gasteiger partial charge on any atom is -0.367 e. The minimum absolute atomic E-state index is 0.156. The molecule has 0 fully saturated rings. The molecule has 1 atom stereocenters. The van der Waals surface area contributed by atoms with Crippen LogP contribution in [-0.2, 0) is 16.0 Å². The van der Waals surface area contributed by atoms with Crippen molar-refractivity contribution in [1.29, 1.82) is 0 Å². The molecular formula is C12H14F3NO2. The van der Waals surface area contributed by atoms with Crippen molar-refractivity contribution < 1.29 is 22.7 Å². The molecule has 1 aromatic rings. The summed E-state index contributed by atoms with van der Waals surface area (Å²) in [6.07, 6.45) is -5.27. The first-order valence-corrected chi connectivity index (χ1v) is 5.40. The van der Waals surface area contributed by atoms with Crippen LogP contribution in [0.5, 0.6) is 0 Å². The fraction of sp³-hybridized carbons (Fsp3) is 0.417. The lowest BCUT2D eigenvalue weighted by atomic mass is 9.91.